The van der Waals surface area contributed by atoms with E-state index in [2.05, 4.69) is 36.1 Å². The molecule has 15 heavy (non-hydrogen) atoms. The highest BCUT2D eigenvalue weighted by atomic mass is 35.5. The smallest absolute Gasteiger partial charge is 0.129 e. The Balaban J connectivity index is 2.58. The summed E-state index contributed by atoms with van der Waals surface area (Å²) in [5, 5.41) is 3.36. The zero-order valence-electron chi connectivity index (χ0n) is 9.50. The summed E-state index contributed by atoms with van der Waals surface area (Å²) in [5.74, 6) is 1.28. The lowest BCUT2D eigenvalue weighted by molar-refractivity contribution is 0.808. The Morgan fingerprint density at radius 3 is 2.73 bits per heavy atom. The van der Waals surface area contributed by atoms with Crippen LogP contribution in [0.1, 0.15) is 38.8 Å². The predicted octanol–water partition coefficient (Wildman–Crippen LogP) is 3.03. The van der Waals surface area contributed by atoms with Crippen molar-refractivity contribution in [3.63, 3.8) is 0 Å². The molecule has 1 unspecified atom stereocenters. The topological polar surface area (TPSA) is 37.8 Å². The van der Waals surface area contributed by atoms with Crippen LogP contribution >= 0.6 is 11.6 Å². The van der Waals surface area contributed by atoms with Gasteiger partial charge in [0, 0.05) is 18.3 Å². The van der Waals surface area contributed by atoms with Crippen LogP contribution in [0.3, 0.4) is 0 Å². The van der Waals surface area contributed by atoms with Gasteiger partial charge in [0.15, 0.2) is 0 Å². The lowest BCUT2D eigenvalue weighted by atomic mass is 10.1. The zero-order chi connectivity index (χ0) is 11.3. The molecule has 1 aromatic rings. The molecule has 0 aromatic carbocycles. The first-order valence-electron chi connectivity index (χ1n) is 5.33. The third-order valence-electron chi connectivity index (χ3n) is 2.23. The van der Waals surface area contributed by atoms with E-state index < -0.39 is 0 Å². The van der Waals surface area contributed by atoms with E-state index in [1.54, 1.807) is 6.33 Å². The Labute approximate surface area is 96.3 Å². The molecule has 0 saturated carbocycles. The molecule has 84 valence electrons. The average Bonchev–Trinajstić information content (AvgIpc) is 2.26. The number of rotatable bonds is 5. The maximum atomic E-state index is 6.01. The van der Waals surface area contributed by atoms with Crippen LogP contribution < -0.4 is 5.32 Å². The number of alkyl halides is 1. The van der Waals surface area contributed by atoms with E-state index in [0.29, 0.717) is 5.92 Å². The Morgan fingerprint density at radius 2 is 2.13 bits per heavy atom. The summed E-state index contributed by atoms with van der Waals surface area (Å²) in [7, 11) is 0. The second-order valence-electron chi connectivity index (χ2n) is 3.87. The average molecular weight is 228 g/mol. The molecule has 1 heterocycles. The quantitative estimate of drug-likeness (QED) is 0.786. The van der Waals surface area contributed by atoms with Gasteiger partial charge in [-0.05, 0) is 12.3 Å². The van der Waals surface area contributed by atoms with Crippen LogP contribution in [-0.4, -0.2) is 21.9 Å². The lowest BCUT2D eigenvalue weighted by Crippen LogP contribution is -2.14. The number of nitrogens with zero attached hydrogens (tertiary/aromatic N) is 2. The molecule has 4 heteroatoms. The van der Waals surface area contributed by atoms with Crippen LogP contribution in [0.2, 0.25) is 0 Å². The molecule has 0 aliphatic rings. The summed E-state index contributed by atoms with van der Waals surface area (Å²) in [6, 6.07) is 1.98. The monoisotopic (exact) mass is 227 g/mol. The van der Waals surface area contributed by atoms with Gasteiger partial charge in [-0.2, -0.15) is 0 Å². The summed E-state index contributed by atoms with van der Waals surface area (Å²) in [6.07, 6.45) is 2.55. The van der Waals surface area contributed by atoms with Gasteiger partial charge in [0.05, 0.1) is 5.38 Å². The number of aromatic nitrogens is 2. The maximum Gasteiger partial charge on any atom is 0.129 e. The van der Waals surface area contributed by atoms with Crippen molar-refractivity contribution in [3.8, 4) is 0 Å². The van der Waals surface area contributed by atoms with Gasteiger partial charge in [0.25, 0.3) is 0 Å². The maximum absolute atomic E-state index is 6.01. The van der Waals surface area contributed by atoms with Crippen molar-refractivity contribution in [1.82, 2.24) is 9.97 Å². The summed E-state index contributed by atoms with van der Waals surface area (Å²) in [5.41, 5.74) is 1.05. The minimum atomic E-state index is 0.155. The minimum absolute atomic E-state index is 0.155. The van der Waals surface area contributed by atoms with Crippen molar-refractivity contribution >= 4 is 17.4 Å². The summed E-state index contributed by atoms with van der Waals surface area (Å²) >= 11 is 6.01. The number of hydrogen-bond acceptors (Lipinski definition) is 3. The van der Waals surface area contributed by atoms with Crippen LogP contribution in [0.25, 0.3) is 0 Å². The van der Waals surface area contributed by atoms with Crippen LogP contribution in [0.4, 0.5) is 5.82 Å². The first kappa shape index (κ1) is 12.2. The largest absolute Gasteiger partial charge is 0.368 e. The normalized spacial score (nSPS) is 12.9. The number of hydrogen-bond donors (Lipinski definition) is 1. The number of anilines is 1. The minimum Gasteiger partial charge on any atom is -0.368 e. The Bertz CT molecular complexity index is 302. The second kappa shape index (κ2) is 5.91. The van der Waals surface area contributed by atoms with E-state index >= 15 is 0 Å². The third kappa shape index (κ3) is 4.04. The number of halogens is 1. The number of nitrogens with one attached hydrogen (secondary N) is 1. The highest BCUT2D eigenvalue weighted by Gasteiger charge is 2.04. The van der Waals surface area contributed by atoms with Crippen molar-refractivity contribution < 1.29 is 0 Å². The van der Waals surface area contributed by atoms with Gasteiger partial charge >= 0.3 is 0 Å². The summed E-state index contributed by atoms with van der Waals surface area (Å²) in [6.45, 7) is 7.04. The lowest BCUT2D eigenvalue weighted by Gasteiger charge is -2.10. The highest BCUT2D eigenvalue weighted by Crippen LogP contribution is 2.14. The molecule has 0 bridgehead atoms. The summed E-state index contributed by atoms with van der Waals surface area (Å²) < 4.78 is 0. The molecule has 1 rings (SSSR count). The molecule has 0 aliphatic heterocycles. The van der Waals surface area contributed by atoms with Gasteiger partial charge < -0.3 is 5.32 Å². The first-order valence-corrected chi connectivity index (χ1v) is 5.77. The fourth-order valence-corrected chi connectivity index (χ4v) is 1.22. The van der Waals surface area contributed by atoms with Gasteiger partial charge in [0.2, 0.25) is 0 Å². The zero-order valence-corrected chi connectivity index (χ0v) is 10.3. The Hall–Kier alpha value is -0.830. The Kier molecular flexibility index (Phi) is 4.82. The van der Waals surface area contributed by atoms with Gasteiger partial charge in [-0.15, -0.1) is 11.6 Å². The van der Waals surface area contributed by atoms with E-state index in [1.165, 1.54) is 0 Å². The molecule has 0 radical (unpaired) electrons. The van der Waals surface area contributed by atoms with Crippen molar-refractivity contribution in [1.29, 1.82) is 0 Å². The van der Waals surface area contributed by atoms with Gasteiger partial charge in [0.1, 0.15) is 12.1 Å². The predicted molar refractivity (Wildman–Crippen MR) is 64.5 cm³/mol. The van der Waals surface area contributed by atoms with Crippen LogP contribution in [0, 0.1) is 0 Å². The van der Waals surface area contributed by atoms with Gasteiger partial charge in [-0.3, -0.25) is 0 Å². The fraction of sp³-hybridized carbons (Fsp3) is 0.636. The molecule has 1 atom stereocenters. The van der Waals surface area contributed by atoms with Crippen molar-refractivity contribution in [3.05, 3.63) is 18.1 Å². The molecular formula is C11H18ClN3. The SMILES string of the molecule is CCC(Cl)CNc1cc(C(C)C)ncn1. The molecule has 3 nitrogen and oxygen atoms in total. The molecule has 0 saturated heterocycles. The Morgan fingerprint density at radius 1 is 1.40 bits per heavy atom. The van der Waals surface area contributed by atoms with E-state index in [4.69, 9.17) is 11.6 Å². The van der Waals surface area contributed by atoms with E-state index in [1.807, 2.05) is 6.07 Å². The molecule has 0 spiro atoms. The molecule has 0 amide bonds. The molecular weight excluding hydrogens is 210 g/mol. The fourth-order valence-electron chi connectivity index (χ4n) is 1.14. The molecule has 0 fully saturated rings. The van der Waals surface area contributed by atoms with Crippen molar-refractivity contribution in [2.45, 2.75) is 38.5 Å². The standard InChI is InChI=1S/C11H18ClN3/c1-4-9(12)6-13-11-5-10(8(2)3)14-7-15-11/h5,7-9H,4,6H2,1-3H3,(H,13,14,15). The first-order chi connectivity index (χ1) is 7.13. The molecule has 1 aromatic heterocycles. The summed E-state index contributed by atoms with van der Waals surface area (Å²) in [4.78, 5) is 8.35. The van der Waals surface area contributed by atoms with Gasteiger partial charge in [-0.25, -0.2) is 9.97 Å². The molecule has 0 aliphatic carbocycles. The third-order valence-corrected chi connectivity index (χ3v) is 2.69. The van der Waals surface area contributed by atoms with Crippen molar-refractivity contribution in [2.75, 3.05) is 11.9 Å². The van der Waals surface area contributed by atoms with E-state index in [9.17, 15) is 0 Å². The van der Waals surface area contributed by atoms with Crippen LogP contribution in [-0.2, 0) is 0 Å². The van der Waals surface area contributed by atoms with E-state index in [-0.39, 0.29) is 5.38 Å². The molecule has 1 N–H and O–H groups in total. The highest BCUT2D eigenvalue weighted by molar-refractivity contribution is 6.20. The van der Waals surface area contributed by atoms with Crippen molar-refractivity contribution in [2.24, 2.45) is 0 Å². The second-order valence-corrected chi connectivity index (χ2v) is 4.49. The van der Waals surface area contributed by atoms with Crippen LogP contribution in [0.5, 0.6) is 0 Å². The van der Waals surface area contributed by atoms with Gasteiger partial charge in [-0.1, -0.05) is 20.8 Å². The van der Waals surface area contributed by atoms with Crippen LogP contribution in [0.15, 0.2) is 12.4 Å². The van der Waals surface area contributed by atoms with E-state index in [0.717, 1.165) is 24.5 Å².